The normalized spacial score (nSPS) is 10.3. The summed E-state index contributed by atoms with van der Waals surface area (Å²) < 4.78 is 6.17. The van der Waals surface area contributed by atoms with E-state index in [9.17, 15) is 4.79 Å². The maximum atomic E-state index is 11.9. The average Bonchev–Trinajstić information content (AvgIpc) is 2.44. The SMILES string of the molecule is O=C(COc1ccccc1Br)Nc1cc(Cl)c(Cl)cc1Cl. The number of amides is 1. The van der Waals surface area contributed by atoms with Crippen LogP contribution in [0.5, 0.6) is 5.75 Å². The van der Waals surface area contributed by atoms with Crippen molar-refractivity contribution in [2.45, 2.75) is 0 Å². The lowest BCUT2D eigenvalue weighted by atomic mass is 10.3. The Morgan fingerprint density at radius 1 is 1.10 bits per heavy atom. The summed E-state index contributed by atoms with van der Waals surface area (Å²) in [7, 11) is 0. The molecular weight excluding hydrogens is 400 g/mol. The van der Waals surface area contributed by atoms with E-state index >= 15 is 0 Å². The number of carbonyl (C=O) groups is 1. The van der Waals surface area contributed by atoms with E-state index in [-0.39, 0.29) is 12.5 Å². The number of rotatable bonds is 4. The fourth-order valence-corrected chi connectivity index (χ4v) is 2.50. The molecule has 0 heterocycles. The van der Waals surface area contributed by atoms with Gasteiger partial charge in [0.1, 0.15) is 5.75 Å². The van der Waals surface area contributed by atoms with Crippen molar-refractivity contribution < 1.29 is 9.53 Å². The Morgan fingerprint density at radius 3 is 2.48 bits per heavy atom. The van der Waals surface area contributed by atoms with E-state index in [0.717, 1.165) is 4.47 Å². The van der Waals surface area contributed by atoms with E-state index in [4.69, 9.17) is 39.5 Å². The molecule has 2 rings (SSSR count). The summed E-state index contributed by atoms with van der Waals surface area (Å²) in [6.07, 6.45) is 0. The van der Waals surface area contributed by atoms with Crippen LogP contribution in [0, 0.1) is 0 Å². The highest BCUT2D eigenvalue weighted by Crippen LogP contribution is 2.32. The number of halogens is 4. The lowest BCUT2D eigenvalue weighted by Crippen LogP contribution is -2.20. The van der Waals surface area contributed by atoms with Gasteiger partial charge in [-0.3, -0.25) is 4.79 Å². The van der Waals surface area contributed by atoms with Gasteiger partial charge in [0.25, 0.3) is 5.91 Å². The molecule has 0 aliphatic rings. The van der Waals surface area contributed by atoms with Gasteiger partial charge in [0, 0.05) is 0 Å². The predicted molar refractivity (Wildman–Crippen MR) is 89.7 cm³/mol. The van der Waals surface area contributed by atoms with Crippen molar-refractivity contribution in [2.24, 2.45) is 0 Å². The standard InChI is InChI=1S/C14H9BrCl3NO2/c15-8-3-1-2-4-13(8)21-7-14(20)19-12-6-10(17)9(16)5-11(12)18/h1-6H,7H2,(H,19,20). The molecule has 3 nitrogen and oxygen atoms in total. The molecule has 110 valence electrons. The van der Waals surface area contributed by atoms with Gasteiger partial charge in [0.15, 0.2) is 6.61 Å². The summed E-state index contributed by atoms with van der Waals surface area (Å²) >= 11 is 21.0. The molecule has 2 aromatic rings. The van der Waals surface area contributed by atoms with Crippen molar-refractivity contribution in [3.05, 3.63) is 55.9 Å². The third-order valence-corrected chi connectivity index (χ3v) is 4.17. The fraction of sp³-hybridized carbons (Fsp3) is 0.0714. The van der Waals surface area contributed by atoms with Crippen molar-refractivity contribution in [3.63, 3.8) is 0 Å². The van der Waals surface area contributed by atoms with E-state index in [1.54, 1.807) is 6.07 Å². The molecule has 0 aliphatic heterocycles. The average molecular weight is 409 g/mol. The number of hydrogen-bond donors (Lipinski definition) is 1. The van der Waals surface area contributed by atoms with Crippen LogP contribution in [0.3, 0.4) is 0 Å². The second kappa shape index (κ2) is 7.36. The number of anilines is 1. The second-order valence-corrected chi connectivity index (χ2v) is 6.09. The van der Waals surface area contributed by atoms with Crippen molar-refractivity contribution in [2.75, 3.05) is 11.9 Å². The molecule has 0 aromatic heterocycles. The quantitative estimate of drug-likeness (QED) is 0.684. The zero-order valence-electron chi connectivity index (χ0n) is 10.5. The largest absolute Gasteiger partial charge is 0.483 e. The highest BCUT2D eigenvalue weighted by Gasteiger charge is 2.10. The molecule has 2 aromatic carbocycles. The van der Waals surface area contributed by atoms with Crippen molar-refractivity contribution >= 4 is 62.3 Å². The minimum absolute atomic E-state index is 0.154. The first-order valence-electron chi connectivity index (χ1n) is 5.79. The zero-order valence-corrected chi connectivity index (χ0v) is 14.4. The van der Waals surface area contributed by atoms with Crippen LogP contribution in [0.25, 0.3) is 0 Å². The van der Waals surface area contributed by atoms with E-state index < -0.39 is 0 Å². The predicted octanol–water partition coefficient (Wildman–Crippen LogP) is 5.43. The van der Waals surface area contributed by atoms with Crippen LogP contribution < -0.4 is 10.1 Å². The highest BCUT2D eigenvalue weighted by atomic mass is 79.9. The molecule has 0 radical (unpaired) electrons. The lowest BCUT2D eigenvalue weighted by molar-refractivity contribution is -0.118. The first kappa shape index (κ1) is 16.4. The third kappa shape index (κ3) is 4.51. The topological polar surface area (TPSA) is 38.3 Å². The zero-order chi connectivity index (χ0) is 15.4. The van der Waals surface area contributed by atoms with Gasteiger partial charge in [0.05, 0.1) is 25.2 Å². The molecule has 21 heavy (non-hydrogen) atoms. The number of hydrogen-bond acceptors (Lipinski definition) is 2. The number of nitrogens with one attached hydrogen (secondary N) is 1. The molecule has 1 N–H and O–H groups in total. The van der Waals surface area contributed by atoms with Crippen LogP contribution in [0.2, 0.25) is 15.1 Å². The second-order valence-electron chi connectivity index (χ2n) is 4.01. The Hall–Kier alpha value is -0.940. The van der Waals surface area contributed by atoms with Gasteiger partial charge in [-0.25, -0.2) is 0 Å². The van der Waals surface area contributed by atoms with Gasteiger partial charge in [-0.2, -0.15) is 0 Å². The Kier molecular flexibility index (Phi) is 5.76. The molecular formula is C14H9BrCl3NO2. The van der Waals surface area contributed by atoms with E-state index in [0.29, 0.717) is 26.5 Å². The van der Waals surface area contributed by atoms with Gasteiger partial charge in [-0.1, -0.05) is 46.9 Å². The minimum Gasteiger partial charge on any atom is -0.483 e. The lowest BCUT2D eigenvalue weighted by Gasteiger charge is -2.10. The number of para-hydroxylation sites is 1. The van der Waals surface area contributed by atoms with E-state index in [1.807, 2.05) is 18.2 Å². The Morgan fingerprint density at radius 2 is 1.76 bits per heavy atom. The monoisotopic (exact) mass is 407 g/mol. The fourth-order valence-electron chi connectivity index (χ4n) is 1.51. The Balaban J connectivity index is 1.99. The number of carbonyl (C=O) groups excluding carboxylic acids is 1. The summed E-state index contributed by atoms with van der Waals surface area (Å²) in [5.41, 5.74) is 0.381. The highest BCUT2D eigenvalue weighted by molar-refractivity contribution is 9.10. The summed E-state index contributed by atoms with van der Waals surface area (Å²) in [5, 5.41) is 3.55. The van der Waals surface area contributed by atoms with Crippen LogP contribution >= 0.6 is 50.7 Å². The van der Waals surface area contributed by atoms with Gasteiger partial charge >= 0.3 is 0 Å². The molecule has 0 bridgehead atoms. The first-order chi connectivity index (χ1) is 9.97. The van der Waals surface area contributed by atoms with Crippen molar-refractivity contribution in [1.82, 2.24) is 0 Å². The molecule has 1 amide bonds. The van der Waals surface area contributed by atoms with Crippen molar-refractivity contribution in [3.8, 4) is 5.75 Å². The van der Waals surface area contributed by atoms with Gasteiger partial charge in [0.2, 0.25) is 0 Å². The molecule has 0 unspecified atom stereocenters. The van der Waals surface area contributed by atoms with Gasteiger partial charge in [-0.15, -0.1) is 0 Å². The molecule has 0 fully saturated rings. The van der Waals surface area contributed by atoms with Crippen LogP contribution in [0.4, 0.5) is 5.69 Å². The van der Waals surface area contributed by atoms with Crippen LogP contribution in [0.1, 0.15) is 0 Å². The first-order valence-corrected chi connectivity index (χ1v) is 7.72. The summed E-state index contributed by atoms with van der Waals surface area (Å²) in [5.74, 6) is 0.221. The summed E-state index contributed by atoms with van der Waals surface area (Å²) in [6.45, 7) is -0.154. The van der Waals surface area contributed by atoms with Gasteiger partial charge in [-0.05, 0) is 40.2 Å². The summed E-state index contributed by atoms with van der Waals surface area (Å²) in [6, 6.07) is 10.2. The molecule has 7 heteroatoms. The van der Waals surface area contributed by atoms with Crippen LogP contribution in [-0.2, 0) is 4.79 Å². The molecule has 0 aliphatic carbocycles. The van der Waals surface area contributed by atoms with E-state index in [1.165, 1.54) is 12.1 Å². The molecule has 0 saturated heterocycles. The van der Waals surface area contributed by atoms with Gasteiger partial charge < -0.3 is 10.1 Å². The molecule has 0 atom stereocenters. The molecule has 0 saturated carbocycles. The number of ether oxygens (including phenoxy) is 1. The Labute approximate surface area is 145 Å². The Bertz CT molecular complexity index is 679. The minimum atomic E-state index is -0.356. The van der Waals surface area contributed by atoms with Crippen molar-refractivity contribution in [1.29, 1.82) is 0 Å². The third-order valence-electron chi connectivity index (χ3n) is 2.48. The van der Waals surface area contributed by atoms with Crippen LogP contribution in [0.15, 0.2) is 40.9 Å². The summed E-state index contributed by atoms with van der Waals surface area (Å²) in [4.78, 5) is 11.9. The number of benzene rings is 2. The maximum absolute atomic E-state index is 11.9. The molecule has 0 spiro atoms. The smallest absolute Gasteiger partial charge is 0.262 e. The maximum Gasteiger partial charge on any atom is 0.262 e. The van der Waals surface area contributed by atoms with E-state index in [2.05, 4.69) is 21.2 Å². The van der Waals surface area contributed by atoms with Crippen LogP contribution in [-0.4, -0.2) is 12.5 Å².